The van der Waals surface area contributed by atoms with E-state index < -0.39 is 0 Å². The predicted octanol–water partition coefficient (Wildman–Crippen LogP) is 5.00. The highest BCUT2D eigenvalue weighted by molar-refractivity contribution is 5.79. The molecule has 0 aliphatic heterocycles. The van der Waals surface area contributed by atoms with Crippen molar-refractivity contribution in [3.63, 3.8) is 0 Å². The van der Waals surface area contributed by atoms with Crippen LogP contribution in [0.2, 0.25) is 0 Å². The fourth-order valence-corrected chi connectivity index (χ4v) is 9.27. The summed E-state index contributed by atoms with van der Waals surface area (Å²) in [6, 6.07) is 0. The normalized spacial score (nSPS) is 42.8. The molecule has 0 aromatic rings. The molecule has 10 atom stereocenters. The van der Waals surface area contributed by atoms with Gasteiger partial charge in [0.15, 0.2) is 0 Å². The maximum atomic E-state index is 12.5. The molecule has 0 aromatic carbocycles. The Kier molecular flexibility index (Phi) is 8.85. The van der Waals surface area contributed by atoms with Crippen LogP contribution in [0, 0.1) is 46.3 Å². The minimum atomic E-state index is -0.136. The summed E-state index contributed by atoms with van der Waals surface area (Å²) in [4.78, 5) is 24.4. The number of ketones is 1. The van der Waals surface area contributed by atoms with Crippen molar-refractivity contribution in [2.45, 2.75) is 90.8 Å². The second-order valence-electron chi connectivity index (χ2n) is 12.5. The first-order valence-corrected chi connectivity index (χ1v) is 14.0. The molecule has 0 amide bonds. The van der Waals surface area contributed by atoms with Gasteiger partial charge in [0.2, 0.25) is 0 Å². The van der Waals surface area contributed by atoms with Gasteiger partial charge >= 0.3 is 5.97 Å². The molecule has 0 heterocycles. The lowest BCUT2D eigenvalue weighted by Crippen LogP contribution is -2.63. The summed E-state index contributed by atoms with van der Waals surface area (Å²) in [7, 11) is 4.84. The number of Topliss-reactive ketones (excluding diaryl/α,β-unsaturated/α-hetero) is 1. The van der Waals surface area contributed by atoms with E-state index in [0.29, 0.717) is 60.6 Å². The Labute approximate surface area is 217 Å². The Bertz CT molecular complexity index is 786. The van der Waals surface area contributed by atoms with Crippen LogP contribution in [0.4, 0.5) is 0 Å². The third-order valence-electron chi connectivity index (χ3n) is 11.1. The lowest BCUT2D eigenvalue weighted by Gasteiger charge is -2.64. The number of carbonyl (C=O) groups excluding carboxylic acids is 2. The van der Waals surface area contributed by atoms with E-state index >= 15 is 0 Å². The summed E-state index contributed by atoms with van der Waals surface area (Å²) in [6.07, 6.45) is 7.97. The van der Waals surface area contributed by atoms with Crippen LogP contribution in [-0.4, -0.2) is 58.9 Å². The highest BCUT2D eigenvalue weighted by Gasteiger charge is 2.66. The maximum Gasteiger partial charge on any atom is 0.305 e. The summed E-state index contributed by atoms with van der Waals surface area (Å²) in [6.45, 7) is 7.75. The van der Waals surface area contributed by atoms with Crippen molar-refractivity contribution in [1.29, 1.82) is 0 Å². The molecule has 0 bridgehead atoms. The predicted molar refractivity (Wildman–Crippen MR) is 135 cm³/mol. The highest BCUT2D eigenvalue weighted by Crippen LogP contribution is 2.69. The zero-order valence-corrected chi connectivity index (χ0v) is 23.3. The van der Waals surface area contributed by atoms with Gasteiger partial charge in [-0.25, -0.2) is 0 Å². The molecule has 0 aromatic heterocycles. The standard InChI is InChI=1S/C29H48O7/c1-18(7-10-26(31)34-6)21-8-9-22-27-23(15-25(29(21,22)3)36-17-33-5)28(2)12-11-20(30)13-19(28)14-24(27)35-16-32-4/h18-19,21-25,27H,7-17H2,1-6H3/t18-,19+,21-,22+,23+,24-,25+,27+,28+,29-/m1/s1. The number of carbonyl (C=O) groups is 2. The number of hydrogen-bond donors (Lipinski definition) is 0. The van der Waals surface area contributed by atoms with Gasteiger partial charge in [0.1, 0.15) is 19.4 Å². The van der Waals surface area contributed by atoms with E-state index in [4.69, 9.17) is 23.7 Å². The van der Waals surface area contributed by atoms with Gasteiger partial charge in [-0.2, -0.15) is 0 Å². The molecule has 4 aliphatic rings. The topological polar surface area (TPSA) is 80.3 Å². The largest absolute Gasteiger partial charge is 0.469 e. The number of ether oxygens (including phenoxy) is 5. The van der Waals surface area contributed by atoms with Gasteiger partial charge in [-0.1, -0.05) is 20.8 Å². The van der Waals surface area contributed by atoms with Crippen molar-refractivity contribution in [3.05, 3.63) is 0 Å². The molecule has 4 fully saturated rings. The molecule has 0 spiro atoms. The number of methoxy groups -OCH3 is 3. The van der Waals surface area contributed by atoms with Crippen LogP contribution in [0.5, 0.6) is 0 Å². The van der Waals surface area contributed by atoms with E-state index in [9.17, 15) is 9.59 Å². The summed E-state index contributed by atoms with van der Waals surface area (Å²) in [5.41, 5.74) is 0.0910. The average Bonchev–Trinajstić information content (AvgIpc) is 3.23. The molecule has 4 rings (SSSR count). The van der Waals surface area contributed by atoms with E-state index in [0.717, 1.165) is 38.5 Å². The van der Waals surface area contributed by atoms with Crippen molar-refractivity contribution in [2.24, 2.45) is 46.3 Å². The second kappa shape index (κ2) is 11.4. The smallest absolute Gasteiger partial charge is 0.305 e. The van der Waals surface area contributed by atoms with Gasteiger partial charge in [0.25, 0.3) is 0 Å². The van der Waals surface area contributed by atoms with Crippen molar-refractivity contribution < 1.29 is 33.3 Å². The van der Waals surface area contributed by atoms with Crippen molar-refractivity contribution in [1.82, 2.24) is 0 Å². The molecule has 4 aliphatic carbocycles. The van der Waals surface area contributed by atoms with Gasteiger partial charge in [0.05, 0.1) is 19.3 Å². The van der Waals surface area contributed by atoms with E-state index in [1.807, 2.05) is 0 Å². The first-order valence-electron chi connectivity index (χ1n) is 14.0. The Hall–Kier alpha value is -1.02. The molecule has 0 N–H and O–H groups in total. The number of hydrogen-bond acceptors (Lipinski definition) is 7. The first kappa shape index (κ1) is 28.0. The summed E-state index contributed by atoms with van der Waals surface area (Å²) in [5, 5.41) is 0. The van der Waals surface area contributed by atoms with Crippen LogP contribution >= 0.6 is 0 Å². The fourth-order valence-electron chi connectivity index (χ4n) is 9.27. The van der Waals surface area contributed by atoms with Crippen LogP contribution in [0.15, 0.2) is 0 Å². The lowest BCUT2D eigenvalue weighted by atomic mass is 9.43. The molecule has 36 heavy (non-hydrogen) atoms. The van der Waals surface area contributed by atoms with Gasteiger partial charge in [0, 0.05) is 38.9 Å². The van der Waals surface area contributed by atoms with Crippen LogP contribution in [0.1, 0.15) is 78.6 Å². The molecule has 4 saturated carbocycles. The maximum absolute atomic E-state index is 12.5. The van der Waals surface area contributed by atoms with Gasteiger partial charge in [-0.3, -0.25) is 9.59 Å². The monoisotopic (exact) mass is 508 g/mol. The summed E-state index contributed by atoms with van der Waals surface area (Å²) in [5.74, 6) is 2.78. The fraction of sp³-hybridized carbons (Fsp3) is 0.931. The SMILES string of the molecule is COCO[C@H]1C[C@H]2[C@@H]([C@H](OCOC)C[C@@H]3CC(=O)CC[C@@]32C)[C@@H]2CC[C@H]([C@H](C)CCC(=O)OC)[C@@]12C. The minimum absolute atomic E-state index is 0.0302. The molecule has 206 valence electrons. The molecule has 0 radical (unpaired) electrons. The summed E-state index contributed by atoms with van der Waals surface area (Å²) < 4.78 is 28.7. The van der Waals surface area contributed by atoms with E-state index in [2.05, 4.69) is 20.8 Å². The molecular formula is C29H48O7. The van der Waals surface area contributed by atoms with E-state index in [-0.39, 0.29) is 42.6 Å². The van der Waals surface area contributed by atoms with Crippen molar-refractivity contribution >= 4 is 11.8 Å². The molecule has 0 saturated heterocycles. The molecule has 0 unspecified atom stereocenters. The van der Waals surface area contributed by atoms with E-state index in [1.54, 1.807) is 14.2 Å². The zero-order chi connectivity index (χ0) is 26.1. The van der Waals surface area contributed by atoms with Crippen LogP contribution in [0.3, 0.4) is 0 Å². The lowest BCUT2D eigenvalue weighted by molar-refractivity contribution is -0.242. The third kappa shape index (κ3) is 4.90. The second-order valence-corrected chi connectivity index (χ2v) is 12.5. The Morgan fingerprint density at radius 1 is 1.03 bits per heavy atom. The number of fused-ring (bicyclic) bond motifs is 5. The van der Waals surface area contributed by atoms with E-state index in [1.165, 1.54) is 7.11 Å². The Balaban J connectivity index is 1.68. The molecule has 7 heteroatoms. The molecule has 7 nitrogen and oxygen atoms in total. The van der Waals surface area contributed by atoms with Crippen LogP contribution < -0.4 is 0 Å². The quantitative estimate of drug-likeness (QED) is 0.303. The van der Waals surface area contributed by atoms with Gasteiger partial charge in [-0.05, 0) is 79.4 Å². The van der Waals surface area contributed by atoms with Gasteiger partial charge < -0.3 is 23.7 Å². The minimum Gasteiger partial charge on any atom is -0.469 e. The average molecular weight is 509 g/mol. The summed E-state index contributed by atoms with van der Waals surface area (Å²) >= 11 is 0. The van der Waals surface area contributed by atoms with Crippen LogP contribution in [-0.2, 0) is 33.3 Å². The van der Waals surface area contributed by atoms with Crippen molar-refractivity contribution in [3.8, 4) is 0 Å². The zero-order valence-electron chi connectivity index (χ0n) is 23.3. The Morgan fingerprint density at radius 3 is 2.44 bits per heavy atom. The van der Waals surface area contributed by atoms with Gasteiger partial charge in [-0.15, -0.1) is 0 Å². The third-order valence-corrected chi connectivity index (χ3v) is 11.1. The van der Waals surface area contributed by atoms with Crippen molar-refractivity contribution in [2.75, 3.05) is 34.9 Å². The first-order chi connectivity index (χ1) is 17.2. The Morgan fingerprint density at radius 2 is 1.75 bits per heavy atom. The number of esters is 1. The molecular weight excluding hydrogens is 460 g/mol. The number of rotatable bonds is 10. The highest BCUT2D eigenvalue weighted by atomic mass is 16.7. The van der Waals surface area contributed by atoms with Crippen LogP contribution in [0.25, 0.3) is 0 Å².